The number of hydrogen-bond donors (Lipinski definition) is 0. The van der Waals surface area contributed by atoms with Gasteiger partial charge in [-0.05, 0) is 43.4 Å². The molecule has 2 aromatic rings. The Morgan fingerprint density at radius 3 is 2.48 bits per heavy atom. The van der Waals surface area contributed by atoms with Crippen LogP contribution in [0, 0.1) is 6.92 Å². The Balaban J connectivity index is 1.66. The van der Waals surface area contributed by atoms with Gasteiger partial charge in [-0.3, -0.25) is 9.78 Å². The van der Waals surface area contributed by atoms with Gasteiger partial charge in [-0.2, -0.15) is 0 Å². The number of nitrogens with zero attached hydrogens (tertiary/aromatic N) is 2. The van der Waals surface area contributed by atoms with Gasteiger partial charge in [0.1, 0.15) is 0 Å². The number of pyridine rings is 1. The van der Waals surface area contributed by atoms with Crippen molar-refractivity contribution in [3.63, 3.8) is 0 Å². The smallest absolute Gasteiger partial charge is 0.255 e. The third-order valence-corrected chi connectivity index (χ3v) is 4.29. The number of hydrogen-bond acceptors (Lipinski definition) is 2. The molecule has 0 unspecified atom stereocenters. The Kier molecular flexibility index (Phi) is 4.00. The van der Waals surface area contributed by atoms with Crippen molar-refractivity contribution < 1.29 is 4.79 Å². The van der Waals surface area contributed by atoms with E-state index in [1.54, 1.807) is 6.20 Å². The van der Waals surface area contributed by atoms with Crippen LogP contribution < -0.4 is 0 Å². The zero-order valence-corrected chi connectivity index (χ0v) is 12.3. The zero-order chi connectivity index (χ0) is 14.7. The van der Waals surface area contributed by atoms with E-state index < -0.39 is 0 Å². The van der Waals surface area contributed by atoms with Gasteiger partial charge in [-0.1, -0.05) is 30.3 Å². The van der Waals surface area contributed by atoms with Crippen LogP contribution in [0.25, 0.3) is 0 Å². The maximum atomic E-state index is 12.5. The number of piperidine rings is 1. The molecular formula is C18H20N2O. The summed E-state index contributed by atoms with van der Waals surface area (Å²) < 4.78 is 0. The fraction of sp³-hybridized carbons (Fsp3) is 0.333. The number of amides is 1. The molecule has 0 spiro atoms. The van der Waals surface area contributed by atoms with Gasteiger partial charge in [0.05, 0.1) is 5.56 Å². The first-order valence-corrected chi connectivity index (χ1v) is 7.51. The van der Waals surface area contributed by atoms with E-state index in [1.165, 1.54) is 5.56 Å². The Hall–Kier alpha value is -2.16. The third-order valence-electron chi connectivity index (χ3n) is 4.29. The van der Waals surface area contributed by atoms with Gasteiger partial charge in [0.25, 0.3) is 5.91 Å². The van der Waals surface area contributed by atoms with Crippen molar-refractivity contribution in [3.05, 3.63) is 65.5 Å². The standard InChI is InChI=1S/C18H20N2O/c1-14-17(8-5-11-19-14)18(21)20-12-9-16(10-13-20)15-6-3-2-4-7-15/h2-8,11,16H,9-10,12-13H2,1H3. The molecule has 0 bridgehead atoms. The Bertz CT molecular complexity index is 616. The van der Waals surface area contributed by atoms with Crippen LogP contribution in [0.3, 0.4) is 0 Å². The van der Waals surface area contributed by atoms with Gasteiger partial charge in [0, 0.05) is 25.0 Å². The monoisotopic (exact) mass is 280 g/mol. The van der Waals surface area contributed by atoms with Gasteiger partial charge in [-0.25, -0.2) is 0 Å². The van der Waals surface area contributed by atoms with Crippen LogP contribution in [0.1, 0.15) is 40.4 Å². The molecule has 1 aromatic carbocycles. The molecule has 21 heavy (non-hydrogen) atoms. The second-order valence-electron chi connectivity index (χ2n) is 5.61. The third kappa shape index (κ3) is 2.97. The lowest BCUT2D eigenvalue weighted by atomic mass is 9.89. The summed E-state index contributed by atoms with van der Waals surface area (Å²) >= 11 is 0. The normalized spacial score (nSPS) is 16.0. The molecule has 1 aliphatic heterocycles. The predicted molar refractivity (Wildman–Crippen MR) is 83.3 cm³/mol. The highest BCUT2D eigenvalue weighted by molar-refractivity contribution is 5.95. The van der Waals surface area contributed by atoms with Gasteiger partial charge < -0.3 is 4.90 Å². The Morgan fingerprint density at radius 2 is 1.81 bits per heavy atom. The minimum Gasteiger partial charge on any atom is -0.339 e. The van der Waals surface area contributed by atoms with E-state index in [2.05, 4.69) is 29.2 Å². The van der Waals surface area contributed by atoms with Crippen LogP contribution >= 0.6 is 0 Å². The average Bonchev–Trinajstić information content (AvgIpc) is 2.56. The number of aromatic nitrogens is 1. The highest BCUT2D eigenvalue weighted by atomic mass is 16.2. The molecule has 0 radical (unpaired) electrons. The van der Waals surface area contributed by atoms with Crippen molar-refractivity contribution in [2.24, 2.45) is 0 Å². The Morgan fingerprint density at radius 1 is 1.10 bits per heavy atom. The molecule has 1 saturated heterocycles. The van der Waals surface area contributed by atoms with E-state index in [0.717, 1.165) is 37.2 Å². The fourth-order valence-electron chi connectivity index (χ4n) is 3.02. The largest absolute Gasteiger partial charge is 0.339 e. The second-order valence-corrected chi connectivity index (χ2v) is 5.61. The SMILES string of the molecule is Cc1ncccc1C(=O)N1CCC(c2ccccc2)CC1. The molecule has 0 saturated carbocycles. The van der Waals surface area contributed by atoms with E-state index in [9.17, 15) is 4.79 Å². The first kappa shape index (κ1) is 13.8. The highest BCUT2D eigenvalue weighted by Gasteiger charge is 2.25. The van der Waals surface area contributed by atoms with Crippen molar-refractivity contribution in [1.29, 1.82) is 0 Å². The van der Waals surface area contributed by atoms with Crippen LogP contribution in [-0.2, 0) is 0 Å². The molecule has 2 heterocycles. The van der Waals surface area contributed by atoms with Crippen LogP contribution in [-0.4, -0.2) is 28.9 Å². The average molecular weight is 280 g/mol. The number of carbonyl (C=O) groups excluding carboxylic acids is 1. The summed E-state index contributed by atoms with van der Waals surface area (Å²) in [6.07, 6.45) is 3.80. The van der Waals surface area contributed by atoms with Crippen molar-refractivity contribution in [2.45, 2.75) is 25.7 Å². The molecule has 1 aliphatic rings. The summed E-state index contributed by atoms with van der Waals surface area (Å²) in [7, 11) is 0. The number of rotatable bonds is 2. The lowest BCUT2D eigenvalue weighted by Gasteiger charge is -2.32. The van der Waals surface area contributed by atoms with E-state index in [0.29, 0.717) is 5.92 Å². The van der Waals surface area contributed by atoms with Gasteiger partial charge in [0.15, 0.2) is 0 Å². The summed E-state index contributed by atoms with van der Waals surface area (Å²) in [6.45, 7) is 3.55. The number of aryl methyl sites for hydroxylation is 1. The number of likely N-dealkylation sites (tertiary alicyclic amines) is 1. The molecule has 1 amide bonds. The molecule has 3 heteroatoms. The quantitative estimate of drug-likeness (QED) is 0.844. The Labute approximate surface area is 125 Å². The molecule has 0 aliphatic carbocycles. The molecule has 0 N–H and O–H groups in total. The summed E-state index contributed by atoms with van der Waals surface area (Å²) in [5, 5.41) is 0. The maximum absolute atomic E-state index is 12.5. The van der Waals surface area contributed by atoms with Crippen LogP contribution in [0.4, 0.5) is 0 Å². The molecule has 1 fully saturated rings. The number of carbonyl (C=O) groups is 1. The predicted octanol–water partition coefficient (Wildman–Crippen LogP) is 3.41. The summed E-state index contributed by atoms with van der Waals surface area (Å²) in [5.41, 5.74) is 2.94. The van der Waals surface area contributed by atoms with Crippen LogP contribution in [0.5, 0.6) is 0 Å². The lowest BCUT2D eigenvalue weighted by Crippen LogP contribution is -2.38. The van der Waals surface area contributed by atoms with Crippen LogP contribution in [0.15, 0.2) is 48.7 Å². The minimum atomic E-state index is 0.118. The van der Waals surface area contributed by atoms with Gasteiger partial charge >= 0.3 is 0 Å². The van der Waals surface area contributed by atoms with Crippen molar-refractivity contribution in [2.75, 3.05) is 13.1 Å². The van der Waals surface area contributed by atoms with Crippen molar-refractivity contribution in [3.8, 4) is 0 Å². The van der Waals surface area contributed by atoms with Gasteiger partial charge in [0.2, 0.25) is 0 Å². The van der Waals surface area contributed by atoms with Gasteiger partial charge in [-0.15, -0.1) is 0 Å². The molecule has 3 rings (SSSR count). The van der Waals surface area contributed by atoms with Crippen molar-refractivity contribution in [1.82, 2.24) is 9.88 Å². The first-order chi connectivity index (χ1) is 10.3. The number of benzene rings is 1. The van der Waals surface area contributed by atoms with E-state index in [4.69, 9.17) is 0 Å². The molecular weight excluding hydrogens is 260 g/mol. The topological polar surface area (TPSA) is 33.2 Å². The zero-order valence-electron chi connectivity index (χ0n) is 12.3. The first-order valence-electron chi connectivity index (χ1n) is 7.51. The molecule has 1 aromatic heterocycles. The molecule has 108 valence electrons. The minimum absolute atomic E-state index is 0.118. The second kappa shape index (κ2) is 6.08. The maximum Gasteiger partial charge on any atom is 0.255 e. The van der Waals surface area contributed by atoms with E-state index in [-0.39, 0.29) is 5.91 Å². The lowest BCUT2D eigenvalue weighted by molar-refractivity contribution is 0.0712. The molecule has 0 atom stereocenters. The van der Waals surface area contributed by atoms with E-state index in [1.807, 2.05) is 30.0 Å². The van der Waals surface area contributed by atoms with E-state index >= 15 is 0 Å². The fourth-order valence-corrected chi connectivity index (χ4v) is 3.02. The molecule has 3 nitrogen and oxygen atoms in total. The summed E-state index contributed by atoms with van der Waals surface area (Å²) in [4.78, 5) is 18.7. The summed E-state index contributed by atoms with van der Waals surface area (Å²) in [6, 6.07) is 14.3. The highest BCUT2D eigenvalue weighted by Crippen LogP contribution is 2.28. The van der Waals surface area contributed by atoms with Crippen molar-refractivity contribution >= 4 is 5.91 Å². The van der Waals surface area contributed by atoms with Crippen LogP contribution in [0.2, 0.25) is 0 Å². The summed E-state index contributed by atoms with van der Waals surface area (Å²) in [5.74, 6) is 0.692.